The van der Waals surface area contributed by atoms with E-state index < -0.39 is 0 Å². The van der Waals surface area contributed by atoms with Crippen LogP contribution in [0.25, 0.3) is 11.1 Å². The van der Waals surface area contributed by atoms with Gasteiger partial charge in [-0.25, -0.2) is 0 Å². The van der Waals surface area contributed by atoms with E-state index in [0.29, 0.717) is 18.7 Å². The second kappa shape index (κ2) is 6.59. The van der Waals surface area contributed by atoms with Crippen molar-refractivity contribution in [3.8, 4) is 22.9 Å². The number of nitriles is 1. The Kier molecular flexibility index (Phi) is 4.17. The van der Waals surface area contributed by atoms with Crippen LogP contribution in [0, 0.1) is 11.3 Å². The molecule has 0 atom stereocenters. The van der Waals surface area contributed by atoms with Gasteiger partial charge in [-0.1, -0.05) is 30.3 Å². The van der Waals surface area contributed by atoms with E-state index in [1.807, 2.05) is 35.3 Å². The summed E-state index contributed by atoms with van der Waals surface area (Å²) < 4.78 is 7.52. The highest BCUT2D eigenvalue weighted by Crippen LogP contribution is 2.17. The van der Waals surface area contributed by atoms with Crippen molar-refractivity contribution in [2.75, 3.05) is 6.61 Å². The molecule has 1 aromatic heterocycles. The van der Waals surface area contributed by atoms with Gasteiger partial charge in [-0.2, -0.15) is 10.4 Å². The highest BCUT2D eigenvalue weighted by Gasteiger charge is 2.01. The molecular formula is C18H15N3O. The summed E-state index contributed by atoms with van der Waals surface area (Å²) in [6, 6.07) is 19.3. The van der Waals surface area contributed by atoms with Crippen LogP contribution in [0.4, 0.5) is 0 Å². The lowest BCUT2D eigenvalue weighted by Gasteiger charge is -2.06. The van der Waals surface area contributed by atoms with Gasteiger partial charge < -0.3 is 4.74 Å². The molecule has 0 spiro atoms. The smallest absolute Gasteiger partial charge is 0.119 e. The zero-order valence-electron chi connectivity index (χ0n) is 12.0. The summed E-state index contributed by atoms with van der Waals surface area (Å²) in [4.78, 5) is 0. The predicted octanol–water partition coefficient (Wildman–Crippen LogP) is 3.50. The van der Waals surface area contributed by atoms with Gasteiger partial charge in [0.2, 0.25) is 0 Å². The van der Waals surface area contributed by atoms with E-state index in [4.69, 9.17) is 10.00 Å². The van der Waals surface area contributed by atoms with Crippen molar-refractivity contribution in [2.45, 2.75) is 6.54 Å². The van der Waals surface area contributed by atoms with E-state index in [9.17, 15) is 0 Å². The van der Waals surface area contributed by atoms with Gasteiger partial charge in [0.15, 0.2) is 0 Å². The van der Waals surface area contributed by atoms with Crippen molar-refractivity contribution >= 4 is 0 Å². The fourth-order valence-corrected chi connectivity index (χ4v) is 2.15. The zero-order valence-corrected chi connectivity index (χ0v) is 12.0. The third kappa shape index (κ3) is 3.33. The van der Waals surface area contributed by atoms with Gasteiger partial charge in [0.1, 0.15) is 12.4 Å². The third-order valence-electron chi connectivity index (χ3n) is 3.31. The van der Waals surface area contributed by atoms with Crippen LogP contribution in [-0.2, 0) is 6.54 Å². The minimum atomic E-state index is 0.530. The quantitative estimate of drug-likeness (QED) is 0.722. The van der Waals surface area contributed by atoms with Crippen molar-refractivity contribution < 1.29 is 4.74 Å². The lowest BCUT2D eigenvalue weighted by Crippen LogP contribution is -2.08. The Morgan fingerprint density at radius 1 is 1.00 bits per heavy atom. The topological polar surface area (TPSA) is 50.8 Å². The van der Waals surface area contributed by atoms with Gasteiger partial charge in [-0.3, -0.25) is 4.68 Å². The van der Waals surface area contributed by atoms with Crippen LogP contribution in [0.15, 0.2) is 67.0 Å². The summed E-state index contributed by atoms with van der Waals surface area (Å²) in [5, 5.41) is 13.1. The first-order chi connectivity index (χ1) is 10.8. The summed E-state index contributed by atoms with van der Waals surface area (Å²) in [6.45, 7) is 1.20. The molecule has 4 nitrogen and oxygen atoms in total. The number of hydrogen-bond acceptors (Lipinski definition) is 3. The third-order valence-corrected chi connectivity index (χ3v) is 3.31. The van der Waals surface area contributed by atoms with Gasteiger partial charge in [-0.15, -0.1) is 0 Å². The molecule has 108 valence electrons. The predicted molar refractivity (Wildman–Crippen MR) is 84.3 cm³/mol. The Morgan fingerprint density at radius 3 is 2.50 bits per heavy atom. The maximum atomic E-state index is 8.75. The average molecular weight is 289 g/mol. The lowest BCUT2D eigenvalue weighted by atomic mass is 10.1. The van der Waals surface area contributed by atoms with Crippen LogP contribution < -0.4 is 4.74 Å². The van der Waals surface area contributed by atoms with Crippen LogP contribution in [0.3, 0.4) is 0 Å². The Labute approximate surface area is 129 Å². The normalized spacial score (nSPS) is 10.1. The van der Waals surface area contributed by atoms with Gasteiger partial charge in [0, 0.05) is 11.8 Å². The van der Waals surface area contributed by atoms with Crippen LogP contribution in [0.1, 0.15) is 5.56 Å². The van der Waals surface area contributed by atoms with E-state index in [1.54, 1.807) is 24.3 Å². The van der Waals surface area contributed by atoms with E-state index >= 15 is 0 Å². The highest BCUT2D eigenvalue weighted by molar-refractivity contribution is 5.61. The number of nitrogens with zero attached hydrogens (tertiary/aromatic N) is 3. The first-order valence-electron chi connectivity index (χ1n) is 7.06. The maximum absolute atomic E-state index is 8.75. The molecule has 22 heavy (non-hydrogen) atoms. The molecule has 3 rings (SSSR count). The van der Waals surface area contributed by atoms with Crippen LogP contribution in [0.2, 0.25) is 0 Å². The minimum Gasteiger partial charge on any atom is -0.492 e. The molecule has 0 saturated carbocycles. The Bertz CT molecular complexity index is 770. The first-order valence-corrected chi connectivity index (χ1v) is 7.06. The van der Waals surface area contributed by atoms with Crippen LogP contribution in [0.5, 0.6) is 5.75 Å². The number of hydrogen-bond donors (Lipinski definition) is 0. The molecule has 0 fully saturated rings. The van der Waals surface area contributed by atoms with Gasteiger partial charge >= 0.3 is 0 Å². The second-order valence-electron chi connectivity index (χ2n) is 4.84. The van der Waals surface area contributed by atoms with E-state index in [0.717, 1.165) is 16.9 Å². The largest absolute Gasteiger partial charge is 0.492 e. The van der Waals surface area contributed by atoms with Crippen molar-refractivity contribution in [1.82, 2.24) is 9.78 Å². The van der Waals surface area contributed by atoms with Gasteiger partial charge in [-0.05, 0) is 29.8 Å². The number of benzene rings is 2. The molecule has 0 bridgehead atoms. The maximum Gasteiger partial charge on any atom is 0.119 e. The highest BCUT2D eigenvalue weighted by atomic mass is 16.5. The Balaban J connectivity index is 1.56. The average Bonchev–Trinajstić information content (AvgIpc) is 3.05. The molecule has 0 aliphatic carbocycles. The first kappa shape index (κ1) is 13.9. The molecule has 0 saturated heterocycles. The Morgan fingerprint density at radius 2 is 1.77 bits per heavy atom. The molecule has 0 radical (unpaired) electrons. The second-order valence-corrected chi connectivity index (χ2v) is 4.84. The monoisotopic (exact) mass is 289 g/mol. The van der Waals surface area contributed by atoms with E-state index in [1.165, 1.54) is 0 Å². The molecule has 4 heteroatoms. The Hall–Kier alpha value is -3.06. The summed E-state index contributed by atoms with van der Waals surface area (Å²) in [5.74, 6) is 0.759. The molecule has 0 aliphatic heterocycles. The number of ether oxygens (including phenoxy) is 1. The molecule has 2 aromatic carbocycles. The standard InChI is InChI=1S/C18H15N3O/c19-12-15-6-8-18(9-7-15)22-11-10-21-14-17(13-20-21)16-4-2-1-3-5-16/h1-9,13-14H,10-11H2. The van der Waals surface area contributed by atoms with Crippen molar-refractivity contribution in [3.63, 3.8) is 0 Å². The van der Waals surface area contributed by atoms with Gasteiger partial charge in [0.05, 0.1) is 24.4 Å². The molecular weight excluding hydrogens is 274 g/mol. The fraction of sp³-hybridized carbons (Fsp3) is 0.111. The fourth-order valence-electron chi connectivity index (χ4n) is 2.15. The van der Waals surface area contributed by atoms with Crippen molar-refractivity contribution in [2.24, 2.45) is 0 Å². The van der Waals surface area contributed by atoms with Gasteiger partial charge in [0.25, 0.3) is 0 Å². The minimum absolute atomic E-state index is 0.530. The van der Waals surface area contributed by atoms with E-state index in [2.05, 4.69) is 23.3 Å². The number of rotatable bonds is 5. The van der Waals surface area contributed by atoms with Crippen molar-refractivity contribution in [3.05, 3.63) is 72.6 Å². The molecule has 0 N–H and O–H groups in total. The molecule has 0 unspecified atom stereocenters. The van der Waals surface area contributed by atoms with Crippen LogP contribution in [-0.4, -0.2) is 16.4 Å². The van der Waals surface area contributed by atoms with E-state index in [-0.39, 0.29) is 0 Å². The summed E-state index contributed by atoms with van der Waals surface area (Å²) in [7, 11) is 0. The molecule has 0 aliphatic rings. The van der Waals surface area contributed by atoms with Crippen molar-refractivity contribution in [1.29, 1.82) is 5.26 Å². The summed E-state index contributed by atoms with van der Waals surface area (Å²) in [6.07, 6.45) is 3.87. The molecule has 3 aromatic rings. The molecule has 1 heterocycles. The number of aromatic nitrogens is 2. The molecule has 0 amide bonds. The lowest BCUT2D eigenvalue weighted by molar-refractivity contribution is 0.291. The van der Waals surface area contributed by atoms with Crippen LogP contribution >= 0.6 is 0 Å². The zero-order chi connectivity index (χ0) is 15.2. The summed E-state index contributed by atoms with van der Waals surface area (Å²) in [5.41, 5.74) is 2.88. The summed E-state index contributed by atoms with van der Waals surface area (Å²) >= 11 is 0. The SMILES string of the molecule is N#Cc1ccc(OCCn2cc(-c3ccccc3)cn2)cc1.